The standard InChI is InChI=1S/C19H22N4O2/c1-19(2,3)25-18(24)22-14-8-9-23(12-14)17-13(10-20)11-21-16-7-5-4-6-15(16)17/h4-7,11,14H,8-9,12H2,1-3H3,(H,22,24)/t14-/m0/s1. The largest absolute Gasteiger partial charge is 0.444 e. The Kier molecular flexibility index (Phi) is 4.49. The van der Waals surface area contributed by atoms with Crippen LogP contribution in [-0.2, 0) is 4.74 Å². The lowest BCUT2D eigenvalue weighted by Crippen LogP contribution is -2.40. The van der Waals surface area contributed by atoms with E-state index >= 15 is 0 Å². The van der Waals surface area contributed by atoms with Gasteiger partial charge in [0.1, 0.15) is 11.7 Å². The van der Waals surface area contributed by atoms with Gasteiger partial charge in [-0.25, -0.2) is 4.79 Å². The van der Waals surface area contributed by atoms with Crippen molar-refractivity contribution in [2.24, 2.45) is 0 Å². The van der Waals surface area contributed by atoms with E-state index in [2.05, 4.69) is 21.3 Å². The number of fused-ring (bicyclic) bond motifs is 1. The lowest BCUT2D eigenvalue weighted by atomic mass is 10.1. The lowest BCUT2D eigenvalue weighted by Gasteiger charge is -2.23. The summed E-state index contributed by atoms with van der Waals surface area (Å²) in [5.74, 6) is 0. The van der Waals surface area contributed by atoms with Gasteiger partial charge in [-0.3, -0.25) is 4.98 Å². The number of aromatic nitrogens is 1. The Bertz CT molecular complexity index is 835. The Hall–Kier alpha value is -2.81. The molecule has 0 radical (unpaired) electrons. The summed E-state index contributed by atoms with van der Waals surface area (Å²) in [4.78, 5) is 18.5. The van der Waals surface area contributed by atoms with Crippen LogP contribution in [0.15, 0.2) is 30.5 Å². The molecule has 3 rings (SSSR count). The number of rotatable bonds is 2. The van der Waals surface area contributed by atoms with E-state index < -0.39 is 11.7 Å². The fraction of sp³-hybridized carbons (Fsp3) is 0.421. The van der Waals surface area contributed by atoms with Gasteiger partial charge in [0, 0.05) is 24.7 Å². The number of pyridine rings is 1. The molecule has 0 spiro atoms. The summed E-state index contributed by atoms with van der Waals surface area (Å²) in [6.07, 6.45) is 2.02. The summed E-state index contributed by atoms with van der Waals surface area (Å²) in [5.41, 5.74) is 1.79. The Morgan fingerprint density at radius 2 is 2.16 bits per heavy atom. The number of nitrogens with one attached hydrogen (secondary N) is 1. The molecule has 1 atom stereocenters. The number of carbonyl (C=O) groups is 1. The fourth-order valence-corrected chi connectivity index (χ4v) is 3.10. The fourth-order valence-electron chi connectivity index (χ4n) is 3.10. The van der Waals surface area contributed by atoms with E-state index in [1.54, 1.807) is 6.20 Å². The van der Waals surface area contributed by atoms with Crippen molar-refractivity contribution in [1.82, 2.24) is 10.3 Å². The molecule has 1 aromatic carbocycles. The monoisotopic (exact) mass is 338 g/mol. The third kappa shape index (κ3) is 3.82. The molecule has 0 bridgehead atoms. The summed E-state index contributed by atoms with van der Waals surface area (Å²) in [6, 6.07) is 10.0. The molecule has 2 heterocycles. The third-order valence-corrected chi connectivity index (χ3v) is 4.09. The van der Waals surface area contributed by atoms with Gasteiger partial charge in [0.2, 0.25) is 0 Å². The van der Waals surface area contributed by atoms with E-state index in [1.807, 2.05) is 45.0 Å². The van der Waals surface area contributed by atoms with E-state index in [4.69, 9.17) is 4.74 Å². The molecule has 6 heteroatoms. The highest BCUT2D eigenvalue weighted by atomic mass is 16.6. The quantitative estimate of drug-likeness (QED) is 0.910. The molecule has 1 aromatic heterocycles. The topological polar surface area (TPSA) is 78.2 Å². The zero-order valence-electron chi connectivity index (χ0n) is 14.7. The van der Waals surface area contributed by atoms with Crippen LogP contribution in [-0.4, -0.2) is 35.8 Å². The maximum atomic E-state index is 12.0. The number of anilines is 1. The van der Waals surface area contributed by atoms with Crippen LogP contribution in [0.25, 0.3) is 10.9 Å². The normalized spacial score (nSPS) is 17.4. The second-order valence-corrected chi connectivity index (χ2v) is 7.23. The molecule has 1 aliphatic rings. The Morgan fingerprint density at radius 1 is 1.40 bits per heavy atom. The second kappa shape index (κ2) is 6.60. The lowest BCUT2D eigenvalue weighted by molar-refractivity contribution is 0.0509. The molecule has 0 unspecified atom stereocenters. The number of amides is 1. The second-order valence-electron chi connectivity index (χ2n) is 7.23. The van der Waals surface area contributed by atoms with Crippen LogP contribution in [0, 0.1) is 11.3 Å². The number of carbonyl (C=O) groups excluding carboxylic acids is 1. The predicted molar refractivity (Wildman–Crippen MR) is 96.4 cm³/mol. The van der Waals surface area contributed by atoms with Gasteiger partial charge in [0.15, 0.2) is 0 Å². The minimum absolute atomic E-state index is 0.00618. The summed E-state index contributed by atoms with van der Waals surface area (Å²) in [7, 11) is 0. The van der Waals surface area contributed by atoms with Gasteiger partial charge >= 0.3 is 6.09 Å². The van der Waals surface area contributed by atoms with Gasteiger partial charge in [0.05, 0.1) is 22.8 Å². The van der Waals surface area contributed by atoms with Crippen molar-refractivity contribution in [1.29, 1.82) is 5.26 Å². The van der Waals surface area contributed by atoms with E-state index in [1.165, 1.54) is 0 Å². The van der Waals surface area contributed by atoms with E-state index in [-0.39, 0.29) is 6.04 Å². The SMILES string of the molecule is CC(C)(C)OC(=O)N[C@H]1CCN(c2c(C#N)cnc3ccccc23)C1. The molecule has 1 aliphatic heterocycles. The van der Waals surface area contributed by atoms with Crippen molar-refractivity contribution in [3.63, 3.8) is 0 Å². The highest BCUT2D eigenvalue weighted by molar-refractivity contribution is 5.94. The van der Waals surface area contributed by atoms with Gasteiger partial charge in [-0.05, 0) is 33.3 Å². The number of hydrogen-bond acceptors (Lipinski definition) is 5. The molecule has 6 nitrogen and oxygen atoms in total. The molecule has 1 N–H and O–H groups in total. The van der Waals surface area contributed by atoms with Gasteiger partial charge < -0.3 is 15.0 Å². The predicted octanol–water partition coefficient (Wildman–Crippen LogP) is 3.21. The van der Waals surface area contributed by atoms with Crippen molar-refractivity contribution in [3.8, 4) is 6.07 Å². The van der Waals surface area contributed by atoms with Crippen LogP contribution in [0.1, 0.15) is 32.8 Å². The Balaban J connectivity index is 1.80. The number of nitrogens with zero attached hydrogens (tertiary/aromatic N) is 3. The molecule has 1 saturated heterocycles. The summed E-state index contributed by atoms with van der Waals surface area (Å²) >= 11 is 0. The van der Waals surface area contributed by atoms with Crippen LogP contribution in [0.2, 0.25) is 0 Å². The minimum Gasteiger partial charge on any atom is -0.444 e. The maximum absolute atomic E-state index is 12.0. The molecule has 25 heavy (non-hydrogen) atoms. The highest BCUT2D eigenvalue weighted by Crippen LogP contribution is 2.31. The van der Waals surface area contributed by atoms with Gasteiger partial charge in [0.25, 0.3) is 0 Å². The molecule has 1 fully saturated rings. The molecule has 1 amide bonds. The molecule has 0 saturated carbocycles. The van der Waals surface area contributed by atoms with E-state index in [0.717, 1.165) is 29.6 Å². The molecule has 130 valence electrons. The number of ether oxygens (including phenoxy) is 1. The number of hydrogen-bond donors (Lipinski definition) is 1. The number of para-hydroxylation sites is 1. The molecular weight excluding hydrogens is 316 g/mol. The number of benzene rings is 1. The molecule has 2 aromatic rings. The van der Waals surface area contributed by atoms with E-state index in [9.17, 15) is 10.1 Å². The molecule has 0 aliphatic carbocycles. The van der Waals surface area contributed by atoms with Crippen molar-refractivity contribution < 1.29 is 9.53 Å². The van der Waals surface area contributed by atoms with Crippen LogP contribution in [0.3, 0.4) is 0 Å². The van der Waals surface area contributed by atoms with Gasteiger partial charge in [-0.15, -0.1) is 0 Å². The maximum Gasteiger partial charge on any atom is 0.407 e. The van der Waals surface area contributed by atoms with Crippen LogP contribution in [0.4, 0.5) is 10.5 Å². The Morgan fingerprint density at radius 3 is 2.88 bits per heavy atom. The van der Waals surface area contributed by atoms with Crippen LogP contribution >= 0.6 is 0 Å². The summed E-state index contributed by atoms with van der Waals surface area (Å²) < 4.78 is 5.32. The van der Waals surface area contributed by atoms with Crippen LogP contribution in [0.5, 0.6) is 0 Å². The number of nitriles is 1. The number of alkyl carbamates (subject to hydrolysis) is 1. The van der Waals surface area contributed by atoms with Crippen molar-refractivity contribution in [2.45, 2.75) is 38.8 Å². The van der Waals surface area contributed by atoms with E-state index in [0.29, 0.717) is 12.1 Å². The first kappa shape index (κ1) is 17.0. The highest BCUT2D eigenvalue weighted by Gasteiger charge is 2.28. The van der Waals surface area contributed by atoms with Crippen LogP contribution < -0.4 is 10.2 Å². The first-order valence-corrected chi connectivity index (χ1v) is 8.40. The smallest absolute Gasteiger partial charge is 0.407 e. The Labute approximate surface area is 147 Å². The van der Waals surface area contributed by atoms with Crippen molar-refractivity contribution in [3.05, 3.63) is 36.0 Å². The van der Waals surface area contributed by atoms with Gasteiger partial charge in [-0.2, -0.15) is 5.26 Å². The first-order chi connectivity index (χ1) is 11.9. The average molecular weight is 338 g/mol. The zero-order chi connectivity index (χ0) is 18.0. The van der Waals surface area contributed by atoms with Crippen molar-refractivity contribution in [2.75, 3.05) is 18.0 Å². The average Bonchev–Trinajstić information content (AvgIpc) is 2.99. The summed E-state index contributed by atoms with van der Waals surface area (Å²) in [5, 5.41) is 13.3. The molecular formula is C19H22N4O2. The zero-order valence-corrected chi connectivity index (χ0v) is 14.7. The summed E-state index contributed by atoms with van der Waals surface area (Å²) in [6.45, 7) is 6.94. The van der Waals surface area contributed by atoms with Gasteiger partial charge in [-0.1, -0.05) is 18.2 Å². The first-order valence-electron chi connectivity index (χ1n) is 8.40. The van der Waals surface area contributed by atoms with Crippen molar-refractivity contribution >= 4 is 22.7 Å². The third-order valence-electron chi connectivity index (χ3n) is 4.09. The minimum atomic E-state index is -0.516.